The molecule has 2 aromatic rings. The fourth-order valence-corrected chi connectivity index (χ4v) is 2.53. The number of amides is 1. The molecule has 1 saturated heterocycles. The standard InChI is InChI=1S/C17H17N5O2/c18-11-14-2-1-3-15(10-14)24-13-17(23)22-8-6-21(7-9-22)16-12-19-4-5-20-16/h1-5,10,12H,6-9,13H2. The van der Waals surface area contributed by atoms with Gasteiger partial charge in [-0.05, 0) is 18.2 Å². The summed E-state index contributed by atoms with van der Waals surface area (Å²) in [5.41, 5.74) is 0.512. The molecule has 7 heteroatoms. The van der Waals surface area contributed by atoms with E-state index >= 15 is 0 Å². The molecular weight excluding hydrogens is 306 g/mol. The van der Waals surface area contributed by atoms with Crippen LogP contribution in [0.1, 0.15) is 5.56 Å². The first kappa shape index (κ1) is 15.7. The minimum atomic E-state index is -0.0591. The Morgan fingerprint density at radius 3 is 2.79 bits per heavy atom. The zero-order valence-electron chi connectivity index (χ0n) is 13.1. The molecule has 0 atom stereocenters. The molecule has 3 rings (SSSR count). The molecule has 1 aliphatic heterocycles. The first-order valence-corrected chi connectivity index (χ1v) is 7.68. The van der Waals surface area contributed by atoms with Crippen LogP contribution in [-0.2, 0) is 4.79 Å². The molecule has 0 N–H and O–H groups in total. The van der Waals surface area contributed by atoms with Crippen LogP contribution >= 0.6 is 0 Å². The number of anilines is 1. The van der Waals surface area contributed by atoms with Crippen LogP contribution in [0.3, 0.4) is 0 Å². The number of piperazine rings is 1. The van der Waals surface area contributed by atoms with E-state index in [1.165, 1.54) is 0 Å². The molecule has 0 saturated carbocycles. The van der Waals surface area contributed by atoms with Gasteiger partial charge in [-0.15, -0.1) is 0 Å². The van der Waals surface area contributed by atoms with E-state index in [2.05, 4.69) is 14.9 Å². The summed E-state index contributed by atoms with van der Waals surface area (Å²) in [4.78, 5) is 24.5. The van der Waals surface area contributed by atoms with Crippen molar-refractivity contribution in [1.29, 1.82) is 5.26 Å². The van der Waals surface area contributed by atoms with Crippen LogP contribution in [0.2, 0.25) is 0 Å². The SMILES string of the molecule is N#Cc1cccc(OCC(=O)N2CCN(c3cnccn3)CC2)c1. The van der Waals surface area contributed by atoms with E-state index in [1.54, 1.807) is 47.8 Å². The van der Waals surface area contributed by atoms with Gasteiger partial charge in [0.15, 0.2) is 6.61 Å². The monoisotopic (exact) mass is 323 g/mol. The van der Waals surface area contributed by atoms with Crippen molar-refractivity contribution in [2.45, 2.75) is 0 Å². The van der Waals surface area contributed by atoms with Crippen molar-refractivity contribution in [3.63, 3.8) is 0 Å². The molecule has 0 bridgehead atoms. The van der Waals surface area contributed by atoms with Crippen LogP contribution in [-0.4, -0.2) is 53.6 Å². The minimum Gasteiger partial charge on any atom is -0.484 e. The predicted molar refractivity (Wildman–Crippen MR) is 87.5 cm³/mol. The Kier molecular flexibility index (Phi) is 4.87. The smallest absolute Gasteiger partial charge is 0.260 e. The number of hydrogen-bond donors (Lipinski definition) is 0. The molecule has 7 nitrogen and oxygen atoms in total. The Hall–Kier alpha value is -3.14. The van der Waals surface area contributed by atoms with Crippen LogP contribution in [0.4, 0.5) is 5.82 Å². The molecule has 1 aromatic heterocycles. The lowest BCUT2D eigenvalue weighted by molar-refractivity contribution is -0.133. The summed E-state index contributed by atoms with van der Waals surface area (Å²) in [7, 11) is 0. The molecule has 2 heterocycles. The Balaban J connectivity index is 1.49. The van der Waals surface area contributed by atoms with Gasteiger partial charge in [0.2, 0.25) is 0 Å². The van der Waals surface area contributed by atoms with Gasteiger partial charge in [0.25, 0.3) is 5.91 Å². The second-order valence-corrected chi connectivity index (χ2v) is 5.36. The number of benzene rings is 1. The maximum absolute atomic E-state index is 12.3. The topological polar surface area (TPSA) is 82.4 Å². The molecule has 1 fully saturated rings. The Morgan fingerprint density at radius 1 is 1.25 bits per heavy atom. The van der Waals surface area contributed by atoms with Gasteiger partial charge in [-0.1, -0.05) is 6.07 Å². The van der Waals surface area contributed by atoms with Gasteiger partial charge in [-0.3, -0.25) is 9.78 Å². The lowest BCUT2D eigenvalue weighted by atomic mass is 10.2. The fourth-order valence-electron chi connectivity index (χ4n) is 2.53. The molecule has 0 aliphatic carbocycles. The third-order valence-electron chi connectivity index (χ3n) is 3.83. The largest absolute Gasteiger partial charge is 0.484 e. The van der Waals surface area contributed by atoms with E-state index in [0.717, 1.165) is 5.82 Å². The quantitative estimate of drug-likeness (QED) is 0.837. The fraction of sp³-hybridized carbons (Fsp3) is 0.294. The summed E-state index contributed by atoms with van der Waals surface area (Å²) < 4.78 is 5.50. The molecule has 1 aliphatic rings. The van der Waals surface area contributed by atoms with Gasteiger partial charge >= 0.3 is 0 Å². The average Bonchev–Trinajstić information content (AvgIpc) is 2.67. The lowest BCUT2D eigenvalue weighted by Crippen LogP contribution is -2.50. The average molecular weight is 323 g/mol. The van der Waals surface area contributed by atoms with Crippen molar-refractivity contribution in [1.82, 2.24) is 14.9 Å². The molecule has 0 unspecified atom stereocenters. The van der Waals surface area contributed by atoms with Crippen molar-refractivity contribution in [2.75, 3.05) is 37.7 Å². The highest BCUT2D eigenvalue weighted by molar-refractivity contribution is 5.78. The number of carbonyl (C=O) groups is 1. The Morgan fingerprint density at radius 2 is 2.08 bits per heavy atom. The summed E-state index contributed by atoms with van der Waals surface area (Å²) in [6.07, 6.45) is 5.03. The summed E-state index contributed by atoms with van der Waals surface area (Å²) in [6.45, 7) is 2.65. The van der Waals surface area contributed by atoms with Crippen molar-refractivity contribution in [2.24, 2.45) is 0 Å². The highest BCUT2D eigenvalue weighted by Gasteiger charge is 2.22. The molecular formula is C17H17N5O2. The van der Waals surface area contributed by atoms with Crippen LogP contribution in [0.15, 0.2) is 42.9 Å². The zero-order chi connectivity index (χ0) is 16.8. The van der Waals surface area contributed by atoms with Crippen LogP contribution < -0.4 is 9.64 Å². The van der Waals surface area contributed by atoms with Crippen LogP contribution in [0.5, 0.6) is 5.75 Å². The zero-order valence-corrected chi connectivity index (χ0v) is 13.1. The van der Waals surface area contributed by atoms with Crippen LogP contribution in [0.25, 0.3) is 0 Å². The second kappa shape index (κ2) is 7.42. The summed E-state index contributed by atoms with van der Waals surface area (Å²) in [5.74, 6) is 1.30. The predicted octanol–water partition coefficient (Wildman–Crippen LogP) is 1.08. The summed E-state index contributed by atoms with van der Waals surface area (Å²) >= 11 is 0. The van der Waals surface area contributed by atoms with Gasteiger partial charge in [0, 0.05) is 38.6 Å². The first-order chi connectivity index (χ1) is 11.8. The van der Waals surface area contributed by atoms with Gasteiger partial charge in [0.1, 0.15) is 11.6 Å². The Labute approximate surface area is 140 Å². The molecule has 0 spiro atoms. The van der Waals surface area contributed by atoms with Gasteiger partial charge in [-0.25, -0.2) is 4.98 Å². The van der Waals surface area contributed by atoms with E-state index in [9.17, 15) is 4.79 Å². The first-order valence-electron chi connectivity index (χ1n) is 7.68. The van der Waals surface area contributed by atoms with Crippen LogP contribution in [0, 0.1) is 11.3 Å². The van der Waals surface area contributed by atoms with E-state index in [4.69, 9.17) is 10.00 Å². The number of nitrogens with zero attached hydrogens (tertiary/aromatic N) is 5. The summed E-state index contributed by atoms with van der Waals surface area (Å²) in [6, 6.07) is 8.84. The van der Waals surface area contributed by atoms with E-state index in [0.29, 0.717) is 37.5 Å². The maximum Gasteiger partial charge on any atom is 0.260 e. The van der Waals surface area contributed by atoms with E-state index in [-0.39, 0.29) is 12.5 Å². The van der Waals surface area contributed by atoms with Gasteiger partial charge in [-0.2, -0.15) is 5.26 Å². The second-order valence-electron chi connectivity index (χ2n) is 5.36. The highest BCUT2D eigenvalue weighted by atomic mass is 16.5. The number of hydrogen-bond acceptors (Lipinski definition) is 6. The van der Waals surface area contributed by atoms with E-state index < -0.39 is 0 Å². The summed E-state index contributed by atoms with van der Waals surface area (Å²) in [5, 5.41) is 8.87. The van der Waals surface area contributed by atoms with Gasteiger partial charge in [0.05, 0.1) is 17.8 Å². The van der Waals surface area contributed by atoms with Crippen molar-refractivity contribution in [3.05, 3.63) is 48.4 Å². The highest BCUT2D eigenvalue weighted by Crippen LogP contribution is 2.14. The maximum atomic E-state index is 12.3. The number of aromatic nitrogens is 2. The molecule has 1 amide bonds. The van der Waals surface area contributed by atoms with Crippen molar-refractivity contribution in [3.8, 4) is 11.8 Å². The molecule has 0 radical (unpaired) electrons. The number of rotatable bonds is 4. The van der Waals surface area contributed by atoms with Gasteiger partial charge < -0.3 is 14.5 Å². The number of carbonyl (C=O) groups excluding carboxylic acids is 1. The number of nitriles is 1. The molecule has 24 heavy (non-hydrogen) atoms. The minimum absolute atomic E-state index is 0.0278. The lowest BCUT2D eigenvalue weighted by Gasteiger charge is -2.35. The van der Waals surface area contributed by atoms with Crippen molar-refractivity contribution < 1.29 is 9.53 Å². The molecule has 122 valence electrons. The normalized spacial score (nSPS) is 14.1. The van der Waals surface area contributed by atoms with Crippen molar-refractivity contribution >= 4 is 11.7 Å². The molecule has 1 aromatic carbocycles. The Bertz CT molecular complexity index is 736. The third kappa shape index (κ3) is 3.79. The third-order valence-corrected chi connectivity index (χ3v) is 3.83. The van der Waals surface area contributed by atoms with E-state index in [1.807, 2.05) is 6.07 Å². The number of ether oxygens (including phenoxy) is 1.